The molecule has 3 N–H and O–H groups in total. The van der Waals surface area contributed by atoms with Gasteiger partial charge in [0.1, 0.15) is 5.25 Å². The predicted octanol–water partition coefficient (Wildman–Crippen LogP) is -1.10. The number of hydrogen-bond donors (Lipinski definition) is 2. The molecule has 1 amide bonds. The fraction of sp³-hybridized carbons (Fsp3) is 0.714. The quantitative estimate of drug-likeness (QED) is 0.256. The van der Waals surface area contributed by atoms with Gasteiger partial charge in [-0.15, -0.1) is 11.8 Å². The van der Waals surface area contributed by atoms with Crippen LogP contribution in [0.4, 0.5) is 0 Å². The first-order chi connectivity index (χ1) is 6.65. The van der Waals surface area contributed by atoms with Crippen LogP contribution in [0, 0.1) is 0 Å². The minimum atomic E-state index is -0.496. The Morgan fingerprint density at radius 3 is 2.57 bits per heavy atom. The van der Waals surface area contributed by atoms with Crippen LogP contribution in [0.5, 0.6) is 0 Å². The third-order valence-electron chi connectivity index (χ3n) is 1.38. The number of carbonyl (C=O) groups is 2. The van der Waals surface area contributed by atoms with Crippen molar-refractivity contribution in [1.82, 2.24) is 5.43 Å². The summed E-state index contributed by atoms with van der Waals surface area (Å²) in [6, 6.07) is 0. The summed E-state index contributed by atoms with van der Waals surface area (Å²) in [4.78, 5) is 21.9. The summed E-state index contributed by atoms with van der Waals surface area (Å²) >= 11 is 1.12. The molecule has 0 fully saturated rings. The van der Waals surface area contributed by atoms with Crippen molar-refractivity contribution in [3.05, 3.63) is 0 Å². The van der Waals surface area contributed by atoms with E-state index >= 15 is 0 Å². The lowest BCUT2D eigenvalue weighted by molar-refractivity contribution is -0.137. The molecule has 7 heteroatoms. The van der Waals surface area contributed by atoms with E-state index in [1.165, 1.54) is 14.2 Å². The molecule has 0 aliphatic heterocycles. The summed E-state index contributed by atoms with van der Waals surface area (Å²) in [6.45, 7) is 0.199. The lowest BCUT2D eigenvalue weighted by atomic mass is 10.4. The number of hydrogen-bond acceptors (Lipinski definition) is 6. The van der Waals surface area contributed by atoms with Crippen LogP contribution in [0.3, 0.4) is 0 Å². The largest absolute Gasteiger partial charge is 0.468 e. The smallest absolute Gasteiger partial charge is 0.315 e. The van der Waals surface area contributed by atoms with Crippen molar-refractivity contribution in [2.75, 3.05) is 26.6 Å². The molecule has 0 aliphatic rings. The van der Waals surface area contributed by atoms with Crippen LogP contribution in [-0.2, 0) is 19.1 Å². The molecule has 0 spiro atoms. The fourth-order valence-electron chi connectivity index (χ4n) is 0.671. The first kappa shape index (κ1) is 13.2. The van der Waals surface area contributed by atoms with Gasteiger partial charge in [0.15, 0.2) is 0 Å². The van der Waals surface area contributed by atoms with Crippen LogP contribution in [0.1, 0.15) is 0 Å². The topological polar surface area (TPSA) is 90.6 Å². The highest BCUT2D eigenvalue weighted by Crippen LogP contribution is 2.11. The van der Waals surface area contributed by atoms with E-state index in [9.17, 15) is 9.59 Å². The van der Waals surface area contributed by atoms with Gasteiger partial charge in [0, 0.05) is 7.11 Å². The minimum absolute atomic E-state index is 0.0952. The maximum atomic E-state index is 11.1. The number of ether oxygens (including phenoxy) is 2. The van der Waals surface area contributed by atoms with E-state index < -0.39 is 5.25 Å². The number of nitrogens with two attached hydrogens (primary N) is 1. The maximum Gasteiger partial charge on any atom is 0.315 e. The Hall–Kier alpha value is -0.790. The van der Waals surface area contributed by atoms with Gasteiger partial charge in [-0.25, -0.2) is 5.84 Å². The summed E-state index contributed by atoms with van der Waals surface area (Å²) in [5.74, 6) is 4.29. The molecule has 82 valence electrons. The van der Waals surface area contributed by atoms with Crippen molar-refractivity contribution in [1.29, 1.82) is 0 Å². The molecule has 0 radical (unpaired) electrons. The van der Waals surface area contributed by atoms with Gasteiger partial charge in [0.25, 0.3) is 0 Å². The molecule has 0 aromatic heterocycles. The average molecular weight is 222 g/mol. The van der Waals surface area contributed by atoms with Crippen molar-refractivity contribution in [2.45, 2.75) is 5.25 Å². The van der Waals surface area contributed by atoms with Gasteiger partial charge >= 0.3 is 5.97 Å². The number of carbonyl (C=O) groups excluding carboxylic acids is 2. The SMILES string of the molecule is COCC(SCC(=O)OC)C(=O)NN. The summed E-state index contributed by atoms with van der Waals surface area (Å²) < 4.78 is 9.23. The van der Waals surface area contributed by atoms with Crippen molar-refractivity contribution in [3.8, 4) is 0 Å². The normalized spacial score (nSPS) is 11.9. The van der Waals surface area contributed by atoms with E-state index in [0.717, 1.165) is 11.8 Å². The molecular weight excluding hydrogens is 208 g/mol. The molecule has 0 bridgehead atoms. The van der Waals surface area contributed by atoms with Crippen LogP contribution >= 0.6 is 11.8 Å². The van der Waals surface area contributed by atoms with Gasteiger partial charge < -0.3 is 9.47 Å². The molecule has 1 atom stereocenters. The maximum absolute atomic E-state index is 11.1. The molecule has 0 saturated carbocycles. The Morgan fingerprint density at radius 1 is 1.50 bits per heavy atom. The summed E-state index contributed by atoms with van der Waals surface area (Å²) in [5, 5.41) is -0.496. The van der Waals surface area contributed by atoms with Crippen molar-refractivity contribution >= 4 is 23.6 Å². The van der Waals surface area contributed by atoms with E-state index in [0.29, 0.717) is 0 Å². The van der Waals surface area contributed by atoms with Gasteiger partial charge in [-0.2, -0.15) is 0 Å². The van der Waals surface area contributed by atoms with Crippen LogP contribution in [0.25, 0.3) is 0 Å². The number of methoxy groups -OCH3 is 2. The average Bonchev–Trinajstić information content (AvgIpc) is 2.22. The molecule has 0 aliphatic carbocycles. The third kappa shape index (κ3) is 5.05. The van der Waals surface area contributed by atoms with Gasteiger partial charge in [0.2, 0.25) is 5.91 Å². The molecule has 0 saturated heterocycles. The van der Waals surface area contributed by atoms with Crippen molar-refractivity contribution in [2.24, 2.45) is 5.84 Å². The second kappa shape index (κ2) is 7.60. The molecular formula is C7H14N2O4S. The molecule has 0 rings (SSSR count). The Morgan fingerprint density at radius 2 is 2.14 bits per heavy atom. The lowest BCUT2D eigenvalue weighted by Gasteiger charge is -2.12. The van der Waals surface area contributed by atoms with Gasteiger partial charge in [-0.05, 0) is 0 Å². The number of hydrazine groups is 1. The van der Waals surface area contributed by atoms with E-state index in [1.807, 2.05) is 5.43 Å². The molecule has 1 unspecified atom stereocenters. The molecule has 0 heterocycles. The first-order valence-corrected chi connectivity index (χ1v) is 4.88. The van der Waals surface area contributed by atoms with E-state index in [-0.39, 0.29) is 24.2 Å². The molecule has 14 heavy (non-hydrogen) atoms. The molecule has 6 nitrogen and oxygen atoms in total. The monoisotopic (exact) mass is 222 g/mol. The van der Waals surface area contributed by atoms with E-state index in [1.54, 1.807) is 0 Å². The van der Waals surface area contributed by atoms with E-state index in [2.05, 4.69) is 4.74 Å². The van der Waals surface area contributed by atoms with Gasteiger partial charge in [0.05, 0.1) is 19.5 Å². The summed E-state index contributed by atoms with van der Waals surface area (Å²) in [6.07, 6.45) is 0. The number of rotatable bonds is 6. The number of amides is 1. The zero-order valence-electron chi connectivity index (χ0n) is 8.11. The van der Waals surface area contributed by atoms with Crippen LogP contribution < -0.4 is 11.3 Å². The number of nitrogens with one attached hydrogen (secondary N) is 1. The summed E-state index contributed by atoms with van der Waals surface area (Å²) in [7, 11) is 2.76. The lowest BCUT2D eigenvalue weighted by Crippen LogP contribution is -2.40. The highest BCUT2D eigenvalue weighted by atomic mass is 32.2. The zero-order chi connectivity index (χ0) is 11.0. The second-order valence-corrected chi connectivity index (χ2v) is 3.53. The molecule has 0 aromatic carbocycles. The highest BCUT2D eigenvalue weighted by molar-refractivity contribution is 8.01. The predicted molar refractivity (Wildman–Crippen MR) is 52.5 cm³/mol. The van der Waals surface area contributed by atoms with Crippen molar-refractivity contribution < 1.29 is 19.1 Å². The van der Waals surface area contributed by atoms with Crippen LogP contribution in [-0.4, -0.2) is 43.7 Å². The Bertz CT molecular complexity index is 200. The molecule has 0 aromatic rings. The Labute approximate surface area is 86.5 Å². The summed E-state index contributed by atoms with van der Waals surface area (Å²) in [5.41, 5.74) is 2.00. The van der Waals surface area contributed by atoms with Crippen LogP contribution in [0.2, 0.25) is 0 Å². The highest BCUT2D eigenvalue weighted by Gasteiger charge is 2.19. The van der Waals surface area contributed by atoms with Gasteiger partial charge in [-0.3, -0.25) is 15.0 Å². The minimum Gasteiger partial charge on any atom is -0.468 e. The number of thioether (sulfide) groups is 1. The Kier molecular flexibility index (Phi) is 7.17. The number of esters is 1. The van der Waals surface area contributed by atoms with Crippen molar-refractivity contribution in [3.63, 3.8) is 0 Å². The second-order valence-electron chi connectivity index (χ2n) is 2.34. The fourth-order valence-corrected chi connectivity index (χ4v) is 1.58. The van der Waals surface area contributed by atoms with Gasteiger partial charge in [-0.1, -0.05) is 0 Å². The zero-order valence-corrected chi connectivity index (χ0v) is 8.93. The third-order valence-corrected chi connectivity index (χ3v) is 2.54. The Balaban J connectivity index is 3.96. The first-order valence-electron chi connectivity index (χ1n) is 3.83. The van der Waals surface area contributed by atoms with E-state index in [4.69, 9.17) is 10.6 Å². The van der Waals surface area contributed by atoms with Crippen LogP contribution in [0.15, 0.2) is 0 Å². The standard InChI is InChI=1S/C7H14N2O4S/c1-12-3-5(7(11)9-8)14-4-6(10)13-2/h5H,3-4,8H2,1-2H3,(H,9,11).